The fraction of sp³-hybridized carbons (Fsp3) is 0.667. The molecule has 1 aromatic rings. The molecule has 0 spiro atoms. The third-order valence-electron chi connectivity index (χ3n) is 5.26. The van der Waals surface area contributed by atoms with Gasteiger partial charge < -0.3 is 10.1 Å². The van der Waals surface area contributed by atoms with Crippen LogP contribution in [0.5, 0.6) is 0 Å². The molecule has 0 bridgehead atoms. The maximum absolute atomic E-state index is 13.6. The number of piperazine rings is 1. The lowest BCUT2D eigenvalue weighted by Crippen LogP contribution is -2.48. The smallest absolute Gasteiger partial charge is 0.381 e. The molecule has 1 N–H and O–H groups in total. The molecule has 1 atom stereocenters. The SMILES string of the molecule is Cl.Cl.FC(F)(F)c1ccc(C(F)(F)F)c([C@@H](C2CCOCC2)N2CCNCC2)c1. The van der Waals surface area contributed by atoms with Crippen LogP contribution in [0.2, 0.25) is 0 Å². The van der Waals surface area contributed by atoms with Crippen LogP contribution >= 0.6 is 24.8 Å². The Bertz CT molecular complexity index is 626. The van der Waals surface area contributed by atoms with E-state index in [1.165, 1.54) is 0 Å². The van der Waals surface area contributed by atoms with Crippen molar-refractivity contribution in [1.82, 2.24) is 10.2 Å². The minimum absolute atomic E-state index is 0. The first-order valence-corrected chi connectivity index (χ1v) is 8.99. The summed E-state index contributed by atoms with van der Waals surface area (Å²) in [5.41, 5.74) is -2.30. The average Bonchev–Trinajstić information content (AvgIpc) is 2.62. The molecule has 0 radical (unpaired) electrons. The molecule has 0 aromatic heterocycles. The zero-order chi connectivity index (χ0) is 19.7. The van der Waals surface area contributed by atoms with Crippen molar-refractivity contribution in [3.8, 4) is 0 Å². The second-order valence-corrected chi connectivity index (χ2v) is 6.98. The Morgan fingerprint density at radius 1 is 0.931 bits per heavy atom. The summed E-state index contributed by atoms with van der Waals surface area (Å²) in [4.78, 5) is 1.89. The number of hydrogen-bond donors (Lipinski definition) is 1. The Morgan fingerprint density at radius 2 is 1.52 bits per heavy atom. The molecule has 2 aliphatic rings. The summed E-state index contributed by atoms with van der Waals surface area (Å²) in [6, 6.07) is 1.08. The summed E-state index contributed by atoms with van der Waals surface area (Å²) in [5.74, 6) is -0.179. The summed E-state index contributed by atoms with van der Waals surface area (Å²) < 4.78 is 85.9. The molecule has 0 unspecified atom stereocenters. The lowest BCUT2D eigenvalue weighted by molar-refractivity contribution is -0.142. The molecule has 3 nitrogen and oxygen atoms in total. The number of hydrogen-bond acceptors (Lipinski definition) is 3. The quantitative estimate of drug-likeness (QED) is 0.635. The van der Waals surface area contributed by atoms with Crippen LogP contribution < -0.4 is 5.32 Å². The van der Waals surface area contributed by atoms with E-state index in [9.17, 15) is 26.3 Å². The number of nitrogens with one attached hydrogen (secondary N) is 1. The molecule has 29 heavy (non-hydrogen) atoms. The molecule has 2 heterocycles. The molecule has 1 aromatic carbocycles. The van der Waals surface area contributed by atoms with Crippen molar-refractivity contribution >= 4 is 24.8 Å². The Hall–Kier alpha value is -0.740. The predicted molar refractivity (Wildman–Crippen MR) is 102 cm³/mol. The van der Waals surface area contributed by atoms with Gasteiger partial charge in [-0.15, -0.1) is 24.8 Å². The highest BCUT2D eigenvalue weighted by atomic mass is 35.5. The van der Waals surface area contributed by atoms with Crippen molar-refractivity contribution in [3.63, 3.8) is 0 Å². The van der Waals surface area contributed by atoms with Crippen LogP contribution in [0.1, 0.15) is 35.6 Å². The Balaban J connectivity index is 0.00000210. The Morgan fingerprint density at radius 3 is 2.03 bits per heavy atom. The second-order valence-electron chi connectivity index (χ2n) is 6.98. The maximum atomic E-state index is 13.6. The highest BCUT2D eigenvalue weighted by molar-refractivity contribution is 5.85. The summed E-state index contributed by atoms with van der Waals surface area (Å²) >= 11 is 0. The third kappa shape index (κ3) is 6.37. The van der Waals surface area contributed by atoms with E-state index in [1.807, 2.05) is 4.90 Å². The number of alkyl halides is 6. The average molecular weight is 469 g/mol. The number of halogens is 8. The highest BCUT2D eigenvalue weighted by Crippen LogP contribution is 2.44. The van der Waals surface area contributed by atoms with Gasteiger partial charge in [0.1, 0.15) is 0 Å². The van der Waals surface area contributed by atoms with Gasteiger partial charge in [0.25, 0.3) is 0 Å². The lowest BCUT2D eigenvalue weighted by Gasteiger charge is -2.42. The first-order chi connectivity index (χ1) is 12.7. The van der Waals surface area contributed by atoms with Crippen LogP contribution in [0.4, 0.5) is 26.3 Å². The fourth-order valence-corrected chi connectivity index (χ4v) is 3.98. The number of benzene rings is 1. The van der Waals surface area contributed by atoms with Gasteiger partial charge in [0.15, 0.2) is 0 Å². The summed E-state index contributed by atoms with van der Waals surface area (Å²) in [7, 11) is 0. The molecule has 2 aliphatic heterocycles. The van der Waals surface area contributed by atoms with Crippen molar-refractivity contribution in [3.05, 3.63) is 34.9 Å². The van der Waals surface area contributed by atoms with E-state index < -0.39 is 29.5 Å². The van der Waals surface area contributed by atoms with Gasteiger partial charge in [0.2, 0.25) is 0 Å². The molecule has 0 saturated carbocycles. The van der Waals surface area contributed by atoms with Gasteiger partial charge in [-0.1, -0.05) is 0 Å². The fourth-order valence-electron chi connectivity index (χ4n) is 3.98. The zero-order valence-electron chi connectivity index (χ0n) is 15.5. The van der Waals surface area contributed by atoms with Crippen LogP contribution in [0.25, 0.3) is 0 Å². The lowest BCUT2D eigenvalue weighted by atomic mass is 9.82. The van der Waals surface area contributed by atoms with Crippen molar-refractivity contribution in [1.29, 1.82) is 0 Å². The third-order valence-corrected chi connectivity index (χ3v) is 5.26. The molecule has 0 aliphatic carbocycles. The van der Waals surface area contributed by atoms with Gasteiger partial charge in [-0.3, -0.25) is 4.90 Å². The van der Waals surface area contributed by atoms with Crippen molar-refractivity contribution in [2.45, 2.75) is 31.2 Å². The molecule has 2 saturated heterocycles. The monoisotopic (exact) mass is 468 g/mol. The number of rotatable bonds is 3. The summed E-state index contributed by atoms with van der Waals surface area (Å²) in [6.07, 6.45) is -8.34. The highest BCUT2D eigenvalue weighted by Gasteiger charge is 2.42. The second kappa shape index (κ2) is 10.5. The Kier molecular flexibility index (Phi) is 9.54. The molecular formula is C18H24Cl2F6N2O. The van der Waals surface area contributed by atoms with E-state index >= 15 is 0 Å². The summed E-state index contributed by atoms with van der Waals surface area (Å²) in [6.45, 7) is 3.01. The Labute approximate surface area is 178 Å². The van der Waals surface area contributed by atoms with Gasteiger partial charge in [-0.2, -0.15) is 26.3 Å². The zero-order valence-corrected chi connectivity index (χ0v) is 17.1. The maximum Gasteiger partial charge on any atom is 0.416 e. The first-order valence-electron chi connectivity index (χ1n) is 8.99. The van der Waals surface area contributed by atoms with E-state index in [-0.39, 0.29) is 36.3 Å². The van der Waals surface area contributed by atoms with E-state index in [0.29, 0.717) is 70.4 Å². The molecule has 168 valence electrons. The minimum atomic E-state index is -4.71. The van der Waals surface area contributed by atoms with Crippen molar-refractivity contribution in [2.75, 3.05) is 39.4 Å². The molecular weight excluding hydrogens is 445 g/mol. The van der Waals surface area contributed by atoms with Gasteiger partial charge >= 0.3 is 12.4 Å². The van der Waals surface area contributed by atoms with Crippen molar-refractivity contribution in [2.24, 2.45) is 5.92 Å². The van der Waals surface area contributed by atoms with E-state index in [1.54, 1.807) is 0 Å². The van der Waals surface area contributed by atoms with Gasteiger partial charge in [0, 0.05) is 45.4 Å². The van der Waals surface area contributed by atoms with Crippen LogP contribution in [0, 0.1) is 5.92 Å². The standard InChI is InChI=1S/C18H22F6N2O.2ClH/c19-17(20,21)13-1-2-15(18(22,23)24)14(11-13)16(12-3-9-27-10-4-12)26-7-5-25-6-8-26;;/h1-2,11-12,16,25H,3-10H2;2*1H/t16-;;/m1../s1. The molecule has 11 heteroatoms. The summed E-state index contributed by atoms with van der Waals surface area (Å²) in [5, 5.41) is 3.14. The number of ether oxygens (including phenoxy) is 1. The van der Waals surface area contributed by atoms with E-state index in [2.05, 4.69) is 5.32 Å². The topological polar surface area (TPSA) is 24.5 Å². The number of nitrogens with zero attached hydrogens (tertiary/aromatic N) is 1. The van der Waals surface area contributed by atoms with Gasteiger partial charge in [-0.25, -0.2) is 0 Å². The minimum Gasteiger partial charge on any atom is -0.381 e. The largest absolute Gasteiger partial charge is 0.416 e. The van der Waals surface area contributed by atoms with Crippen LogP contribution in [-0.2, 0) is 17.1 Å². The van der Waals surface area contributed by atoms with Crippen molar-refractivity contribution < 1.29 is 31.1 Å². The molecule has 3 rings (SSSR count). The normalized spacial score (nSPS) is 20.5. The van der Waals surface area contributed by atoms with Gasteiger partial charge in [0.05, 0.1) is 11.1 Å². The predicted octanol–water partition coefficient (Wildman–Crippen LogP) is 4.94. The molecule has 2 fully saturated rings. The van der Waals surface area contributed by atoms with Crippen LogP contribution in [0.15, 0.2) is 18.2 Å². The molecule has 0 amide bonds. The van der Waals surface area contributed by atoms with Crippen LogP contribution in [-0.4, -0.2) is 44.3 Å². The van der Waals surface area contributed by atoms with Gasteiger partial charge in [-0.05, 0) is 42.5 Å². The first kappa shape index (κ1) is 26.3. The van der Waals surface area contributed by atoms with E-state index in [0.717, 1.165) is 0 Å². The van der Waals surface area contributed by atoms with E-state index in [4.69, 9.17) is 4.74 Å². The van der Waals surface area contributed by atoms with Crippen LogP contribution in [0.3, 0.4) is 0 Å².